The molecule has 0 aromatic rings. The minimum absolute atomic E-state index is 0.0224. The Morgan fingerprint density at radius 3 is 1.94 bits per heavy atom. The average Bonchev–Trinajstić information content (AvgIpc) is 3.20. The van der Waals surface area contributed by atoms with Crippen molar-refractivity contribution in [2.24, 2.45) is 17.6 Å². The molecule has 0 saturated carbocycles. The van der Waals surface area contributed by atoms with E-state index >= 15 is 0 Å². The lowest BCUT2D eigenvalue weighted by Gasteiger charge is -2.47. The summed E-state index contributed by atoms with van der Waals surface area (Å²) in [6.07, 6.45) is 5.08. The van der Waals surface area contributed by atoms with Gasteiger partial charge in [-0.3, -0.25) is 9.59 Å². The van der Waals surface area contributed by atoms with Crippen LogP contribution in [0.2, 0.25) is 0 Å². The Morgan fingerprint density at radius 2 is 1.33 bits per heavy atom. The third-order valence-electron chi connectivity index (χ3n) is 12.5. The minimum atomic E-state index is -1.69. The van der Waals surface area contributed by atoms with Crippen LogP contribution in [0.4, 0.5) is 0 Å². The van der Waals surface area contributed by atoms with Crippen LogP contribution in [0.1, 0.15) is 124 Å². The second-order valence-electron chi connectivity index (χ2n) is 18.1. The number of rotatable bonds is 4. The zero-order valence-corrected chi connectivity index (χ0v) is 38.1. The first-order chi connectivity index (χ1) is 30.3. The Balaban J connectivity index is 1.78. The van der Waals surface area contributed by atoms with Crippen molar-refractivity contribution in [3.63, 3.8) is 0 Å². The Morgan fingerprint density at radius 1 is 0.703 bits per heavy atom. The summed E-state index contributed by atoms with van der Waals surface area (Å²) in [6, 6.07) is -0.617. The average molecular weight is 914 g/mol. The predicted molar refractivity (Wildman–Crippen MR) is 236 cm³/mol. The molecule has 3 aliphatic heterocycles. The number of ether oxygens (including phenoxy) is 5. The number of aliphatic hydroxyl groups is 8. The zero-order valence-electron chi connectivity index (χ0n) is 38.1. The first kappa shape index (κ1) is 55.7. The number of carbonyl (C=O) groups is 2. The van der Waals surface area contributed by atoms with E-state index in [1.807, 2.05) is 49.5 Å². The normalized spacial score (nSPS) is 42.9. The van der Waals surface area contributed by atoms with Gasteiger partial charge in [0.1, 0.15) is 12.0 Å². The lowest BCUT2D eigenvalue weighted by Crippen LogP contribution is -2.57. The summed E-state index contributed by atoms with van der Waals surface area (Å²) in [5.41, 5.74) is 6.18. The van der Waals surface area contributed by atoms with Gasteiger partial charge in [0.25, 0.3) is 0 Å². The van der Waals surface area contributed by atoms with Gasteiger partial charge in [-0.2, -0.15) is 0 Å². The van der Waals surface area contributed by atoms with E-state index in [1.54, 1.807) is 13.8 Å². The molecular formula is C47H79NO16. The monoisotopic (exact) mass is 914 g/mol. The Kier molecular flexibility index (Phi) is 24.8. The number of carboxylic acids is 1. The Labute approximate surface area is 378 Å². The molecule has 11 N–H and O–H groups in total. The minimum Gasteiger partial charge on any atom is -0.481 e. The van der Waals surface area contributed by atoms with E-state index in [4.69, 9.17) is 29.4 Å². The molecule has 0 aromatic carbocycles. The lowest BCUT2D eigenvalue weighted by molar-refractivity contribution is -0.315. The van der Waals surface area contributed by atoms with Crippen molar-refractivity contribution < 1.29 is 79.2 Å². The molecule has 3 rings (SSSR count). The van der Waals surface area contributed by atoms with Gasteiger partial charge in [-0.25, -0.2) is 0 Å². The first-order valence-corrected chi connectivity index (χ1v) is 23.1. The molecule has 17 heteroatoms. The van der Waals surface area contributed by atoms with Crippen molar-refractivity contribution in [3.8, 4) is 0 Å². The number of cyclic esters (lactones) is 1. The Bertz CT molecular complexity index is 1470. The second kappa shape index (κ2) is 28.5. The highest BCUT2D eigenvalue weighted by atomic mass is 16.7. The third kappa shape index (κ3) is 19.7. The predicted octanol–water partition coefficient (Wildman–Crippen LogP) is 2.82. The number of nitrogens with two attached hydrogens (primary N) is 1. The lowest BCUT2D eigenvalue weighted by atomic mass is 9.82. The molecule has 2 saturated heterocycles. The number of hydrogen-bond acceptors (Lipinski definition) is 16. The van der Waals surface area contributed by atoms with Crippen molar-refractivity contribution in [2.45, 2.75) is 215 Å². The number of allylic oxidation sites excluding steroid dienone is 8. The van der Waals surface area contributed by atoms with Gasteiger partial charge in [0.2, 0.25) is 0 Å². The number of aliphatic carboxylic acids is 1. The van der Waals surface area contributed by atoms with E-state index in [0.717, 1.165) is 25.7 Å². The summed E-state index contributed by atoms with van der Waals surface area (Å²) in [5.74, 6) is -5.11. The second-order valence-corrected chi connectivity index (χ2v) is 18.1. The van der Waals surface area contributed by atoms with Crippen molar-refractivity contribution in [2.75, 3.05) is 7.11 Å². The highest BCUT2D eigenvalue weighted by molar-refractivity contribution is 5.71. The summed E-state index contributed by atoms with van der Waals surface area (Å²) in [5, 5.41) is 96.4. The van der Waals surface area contributed by atoms with Gasteiger partial charge in [-0.05, 0) is 77.6 Å². The van der Waals surface area contributed by atoms with Gasteiger partial charge < -0.3 is 75.4 Å². The molecule has 64 heavy (non-hydrogen) atoms. The molecule has 17 atom stereocenters. The van der Waals surface area contributed by atoms with E-state index in [1.165, 1.54) is 7.11 Å². The maximum atomic E-state index is 12.6. The van der Waals surface area contributed by atoms with Crippen LogP contribution < -0.4 is 5.73 Å². The number of esters is 1. The standard InChI is InChI=1S/C47H79NO16/c1-29-17-15-13-11-9-7-5-6-8-10-12-14-16-18-35(63-43-26-36(48)45(57)31(3)62-43)25-41-44(46(58)59)40(55)28-47(60-4,64-41)27-34(51)23-39(54)37(52)20-19-32(49)22-33(50)24-42(56)61-30(2)21-38(29)53/h7-14,29-41,43-45,49-55,57H,5-6,15-28,48H2,1-4H3,(H,58,59)/b9-7+,10-8+,13-11+,14-12+/t29-,30-,31+,32?,33?,34?,35?,36+,37+,38-,39?,40-,41-,43?,44+,45+,47+/m0/s1. The van der Waals surface area contributed by atoms with Crippen LogP contribution in [0, 0.1) is 11.8 Å². The summed E-state index contributed by atoms with van der Waals surface area (Å²) in [4.78, 5) is 25.1. The fraction of sp³-hybridized carbons (Fsp3) is 0.787. The van der Waals surface area contributed by atoms with Crippen LogP contribution in [-0.4, -0.2) is 156 Å². The SMILES string of the molecule is CO[C@]12CC(O)CC(O)[C@H](O)CCC(O)CC(O)CC(=O)O[C@@H](C)C[C@H](O)[C@@H](C)CC/C=C/C=C/CC/C=C/C=C/CCC(OC3C[C@@H](N)[C@H](O)[C@@H](C)O3)C[C@H](O1)[C@H](C(=O)O)[C@@H](O)C2. The fourth-order valence-electron chi connectivity index (χ4n) is 8.60. The number of aliphatic hydroxyl groups excluding tert-OH is 8. The number of carboxylic acid groups (broad SMARTS) is 1. The van der Waals surface area contributed by atoms with Crippen molar-refractivity contribution in [1.29, 1.82) is 0 Å². The molecule has 0 aliphatic carbocycles. The van der Waals surface area contributed by atoms with Crippen LogP contribution >= 0.6 is 0 Å². The highest BCUT2D eigenvalue weighted by Crippen LogP contribution is 2.40. The summed E-state index contributed by atoms with van der Waals surface area (Å²) in [7, 11) is 1.30. The summed E-state index contributed by atoms with van der Waals surface area (Å²) >= 11 is 0. The van der Waals surface area contributed by atoms with Crippen LogP contribution in [0.15, 0.2) is 48.6 Å². The van der Waals surface area contributed by atoms with Crippen LogP contribution in [0.5, 0.6) is 0 Å². The van der Waals surface area contributed by atoms with Crippen molar-refractivity contribution in [3.05, 3.63) is 48.6 Å². The van der Waals surface area contributed by atoms with Gasteiger partial charge in [0.15, 0.2) is 12.1 Å². The van der Waals surface area contributed by atoms with E-state index in [0.29, 0.717) is 12.8 Å². The van der Waals surface area contributed by atoms with Crippen LogP contribution in [-0.2, 0) is 33.3 Å². The first-order valence-electron chi connectivity index (χ1n) is 23.1. The molecule has 368 valence electrons. The summed E-state index contributed by atoms with van der Waals surface area (Å²) in [6.45, 7) is 5.29. The zero-order chi connectivity index (χ0) is 47.4. The maximum absolute atomic E-state index is 12.6. The summed E-state index contributed by atoms with van der Waals surface area (Å²) < 4.78 is 29.8. The molecule has 3 aliphatic rings. The molecule has 0 aromatic heterocycles. The molecule has 2 bridgehead atoms. The van der Waals surface area contributed by atoms with Crippen molar-refractivity contribution in [1.82, 2.24) is 0 Å². The molecular weight excluding hydrogens is 835 g/mol. The van der Waals surface area contributed by atoms with Crippen LogP contribution in [0.3, 0.4) is 0 Å². The van der Waals surface area contributed by atoms with Gasteiger partial charge in [0, 0.05) is 51.7 Å². The van der Waals surface area contributed by atoms with Gasteiger partial charge in [-0.15, -0.1) is 0 Å². The van der Waals surface area contributed by atoms with E-state index in [2.05, 4.69) is 6.08 Å². The van der Waals surface area contributed by atoms with Gasteiger partial charge >= 0.3 is 11.9 Å². The molecule has 0 amide bonds. The maximum Gasteiger partial charge on any atom is 0.311 e. The van der Waals surface area contributed by atoms with E-state index in [9.17, 15) is 55.5 Å². The smallest absolute Gasteiger partial charge is 0.311 e. The van der Waals surface area contributed by atoms with Crippen molar-refractivity contribution >= 4 is 11.9 Å². The molecule has 6 unspecified atom stereocenters. The quantitative estimate of drug-likeness (QED) is 0.182. The topological polar surface area (TPSA) is 288 Å². The van der Waals surface area contributed by atoms with E-state index in [-0.39, 0.29) is 70.1 Å². The third-order valence-corrected chi connectivity index (χ3v) is 12.5. The Hall–Kier alpha value is -2.62. The fourth-order valence-corrected chi connectivity index (χ4v) is 8.60. The van der Waals surface area contributed by atoms with Gasteiger partial charge in [0.05, 0.1) is 73.6 Å². The largest absolute Gasteiger partial charge is 0.481 e. The number of hydrogen-bond donors (Lipinski definition) is 10. The number of methoxy groups -OCH3 is 1. The van der Waals surface area contributed by atoms with E-state index < -0.39 is 109 Å². The molecule has 2 fully saturated rings. The highest BCUT2D eigenvalue weighted by Gasteiger charge is 2.51. The molecule has 17 nitrogen and oxygen atoms in total. The molecule has 0 radical (unpaired) electrons. The van der Waals surface area contributed by atoms with Crippen LogP contribution in [0.25, 0.3) is 0 Å². The molecule has 0 spiro atoms. The number of carbonyl (C=O) groups excluding carboxylic acids is 1. The van der Waals surface area contributed by atoms with Gasteiger partial charge in [-0.1, -0.05) is 55.5 Å². The number of fused-ring (bicyclic) bond motifs is 2. The molecule has 3 heterocycles.